The quantitative estimate of drug-likeness (QED) is 0.615. The number of nitriles is 1. The highest BCUT2D eigenvalue weighted by Gasteiger charge is 1.93. The predicted octanol–water partition coefficient (Wildman–Crippen LogP) is 1.79. The SMILES string of the molecule is CF.N#Cc1ccc2nccn2c1. The fourth-order valence-corrected chi connectivity index (χ4v) is 0.986. The van der Waals surface area contributed by atoms with Crippen molar-refractivity contribution in [2.75, 3.05) is 7.18 Å². The van der Waals surface area contributed by atoms with Crippen LogP contribution in [0.15, 0.2) is 30.7 Å². The number of halogens is 1. The van der Waals surface area contributed by atoms with Crippen molar-refractivity contribution in [3.05, 3.63) is 36.3 Å². The van der Waals surface area contributed by atoms with Gasteiger partial charge in [-0.1, -0.05) is 0 Å². The van der Waals surface area contributed by atoms with Crippen LogP contribution in [0.3, 0.4) is 0 Å². The van der Waals surface area contributed by atoms with Crippen molar-refractivity contribution < 1.29 is 4.39 Å². The normalized spacial score (nSPS) is 8.69. The summed E-state index contributed by atoms with van der Waals surface area (Å²) in [6, 6.07) is 5.63. The molecule has 2 rings (SSSR count). The van der Waals surface area contributed by atoms with Gasteiger partial charge in [-0.25, -0.2) is 4.98 Å². The number of alkyl halides is 1. The minimum absolute atomic E-state index is 0.500. The first-order chi connectivity index (χ1) is 6.40. The zero-order valence-electron chi connectivity index (χ0n) is 7.11. The Morgan fingerprint density at radius 2 is 2.23 bits per heavy atom. The average Bonchev–Trinajstić information content (AvgIpc) is 2.67. The first kappa shape index (κ1) is 9.20. The van der Waals surface area contributed by atoms with Crippen LogP contribution in [-0.2, 0) is 0 Å². The van der Waals surface area contributed by atoms with Crippen molar-refractivity contribution >= 4 is 5.65 Å². The van der Waals surface area contributed by atoms with Crippen molar-refractivity contribution in [2.24, 2.45) is 0 Å². The van der Waals surface area contributed by atoms with Gasteiger partial charge in [0.25, 0.3) is 0 Å². The molecular formula is C9H8FN3. The third-order valence-corrected chi connectivity index (χ3v) is 1.52. The van der Waals surface area contributed by atoms with E-state index < -0.39 is 0 Å². The minimum Gasteiger partial charge on any atom is -0.306 e. The van der Waals surface area contributed by atoms with Gasteiger partial charge in [-0.15, -0.1) is 0 Å². The highest BCUT2D eigenvalue weighted by atomic mass is 19.1. The largest absolute Gasteiger partial charge is 0.306 e. The number of rotatable bonds is 0. The van der Waals surface area contributed by atoms with Gasteiger partial charge < -0.3 is 4.40 Å². The smallest absolute Gasteiger partial charge is 0.136 e. The topological polar surface area (TPSA) is 41.1 Å². The molecule has 13 heavy (non-hydrogen) atoms. The van der Waals surface area contributed by atoms with Gasteiger partial charge in [0, 0.05) is 18.6 Å². The standard InChI is InChI=1S/C8H5N3.CH3F/c9-5-7-1-2-8-10-3-4-11(8)6-7;1-2/h1-4,6H;1H3. The Hall–Kier alpha value is -1.89. The van der Waals surface area contributed by atoms with E-state index in [0.29, 0.717) is 12.7 Å². The Morgan fingerprint density at radius 1 is 1.46 bits per heavy atom. The molecule has 2 aromatic rings. The lowest BCUT2D eigenvalue weighted by atomic mass is 10.3. The molecule has 2 aromatic heterocycles. The summed E-state index contributed by atoms with van der Waals surface area (Å²) in [4.78, 5) is 4.05. The van der Waals surface area contributed by atoms with Gasteiger partial charge in [-0.2, -0.15) is 5.26 Å². The van der Waals surface area contributed by atoms with Crippen molar-refractivity contribution in [2.45, 2.75) is 0 Å². The van der Waals surface area contributed by atoms with Crippen molar-refractivity contribution in [1.82, 2.24) is 9.38 Å². The van der Waals surface area contributed by atoms with E-state index in [0.717, 1.165) is 5.65 Å². The molecule has 0 fully saturated rings. The van der Waals surface area contributed by atoms with Crippen LogP contribution in [-0.4, -0.2) is 16.6 Å². The first-order valence-corrected chi connectivity index (χ1v) is 3.61. The Kier molecular flexibility index (Phi) is 2.98. The van der Waals surface area contributed by atoms with E-state index in [1.54, 1.807) is 18.5 Å². The van der Waals surface area contributed by atoms with Crippen LogP contribution in [0.2, 0.25) is 0 Å². The van der Waals surface area contributed by atoms with E-state index in [1.165, 1.54) is 0 Å². The lowest BCUT2D eigenvalue weighted by Gasteiger charge is -1.91. The van der Waals surface area contributed by atoms with Crippen LogP contribution in [0.1, 0.15) is 5.56 Å². The summed E-state index contributed by atoms with van der Waals surface area (Å²) in [6.07, 6.45) is 5.27. The zero-order valence-corrected chi connectivity index (χ0v) is 7.11. The van der Waals surface area contributed by atoms with Crippen LogP contribution in [0.4, 0.5) is 4.39 Å². The summed E-state index contributed by atoms with van der Waals surface area (Å²) in [6.45, 7) is 0. The molecule has 4 heteroatoms. The zero-order chi connectivity index (χ0) is 9.68. The van der Waals surface area contributed by atoms with E-state index in [9.17, 15) is 4.39 Å². The Morgan fingerprint density at radius 3 is 2.92 bits per heavy atom. The first-order valence-electron chi connectivity index (χ1n) is 3.61. The van der Waals surface area contributed by atoms with Crippen LogP contribution in [0.25, 0.3) is 5.65 Å². The molecule has 0 aliphatic rings. The van der Waals surface area contributed by atoms with Crippen molar-refractivity contribution in [1.29, 1.82) is 5.26 Å². The minimum atomic E-state index is 0.500. The number of hydrogen-bond donors (Lipinski definition) is 0. The number of nitrogens with zero attached hydrogens (tertiary/aromatic N) is 3. The summed E-state index contributed by atoms with van der Waals surface area (Å²) in [5.41, 5.74) is 1.51. The van der Waals surface area contributed by atoms with Gasteiger partial charge in [0.15, 0.2) is 0 Å². The lowest BCUT2D eigenvalue weighted by Crippen LogP contribution is -1.83. The summed E-state index contributed by atoms with van der Waals surface area (Å²) < 4.78 is 11.3. The Bertz CT molecular complexity index is 428. The molecule has 0 amide bonds. The number of aromatic nitrogens is 2. The number of imidazole rings is 1. The third kappa shape index (κ3) is 1.82. The van der Waals surface area contributed by atoms with E-state index in [4.69, 9.17) is 5.26 Å². The average molecular weight is 177 g/mol. The summed E-state index contributed by atoms with van der Waals surface area (Å²) in [7, 11) is 0.500. The predicted molar refractivity (Wildman–Crippen MR) is 46.9 cm³/mol. The molecule has 3 nitrogen and oxygen atoms in total. The lowest BCUT2D eigenvalue weighted by molar-refractivity contribution is 0.636. The van der Waals surface area contributed by atoms with Crippen LogP contribution >= 0.6 is 0 Å². The van der Waals surface area contributed by atoms with Gasteiger partial charge in [0.05, 0.1) is 12.7 Å². The molecule has 0 bridgehead atoms. The second kappa shape index (κ2) is 4.21. The molecule has 0 aromatic carbocycles. The molecule has 0 unspecified atom stereocenters. The molecule has 0 saturated heterocycles. The fourth-order valence-electron chi connectivity index (χ4n) is 0.986. The summed E-state index contributed by atoms with van der Waals surface area (Å²) in [5, 5.41) is 8.55. The molecule has 0 spiro atoms. The number of fused-ring (bicyclic) bond motifs is 1. The van der Waals surface area contributed by atoms with Gasteiger partial charge in [0.2, 0.25) is 0 Å². The van der Waals surface area contributed by atoms with Crippen molar-refractivity contribution in [3.8, 4) is 6.07 Å². The Labute approximate surface area is 75.1 Å². The maximum absolute atomic E-state index is 9.50. The van der Waals surface area contributed by atoms with E-state index in [1.807, 2.05) is 16.7 Å². The van der Waals surface area contributed by atoms with Crippen molar-refractivity contribution in [3.63, 3.8) is 0 Å². The highest BCUT2D eigenvalue weighted by molar-refractivity contribution is 5.42. The van der Waals surface area contributed by atoms with Gasteiger partial charge in [-0.05, 0) is 12.1 Å². The van der Waals surface area contributed by atoms with Gasteiger partial charge in [0.1, 0.15) is 11.7 Å². The third-order valence-electron chi connectivity index (χ3n) is 1.52. The van der Waals surface area contributed by atoms with Crippen LogP contribution in [0.5, 0.6) is 0 Å². The second-order valence-electron chi connectivity index (χ2n) is 2.22. The Balaban J connectivity index is 0.000000396. The molecule has 0 N–H and O–H groups in total. The molecular weight excluding hydrogens is 169 g/mol. The molecule has 0 aliphatic carbocycles. The van der Waals surface area contributed by atoms with Crippen LogP contribution in [0, 0.1) is 11.3 Å². The van der Waals surface area contributed by atoms with E-state index in [2.05, 4.69) is 11.1 Å². The molecule has 66 valence electrons. The highest BCUT2D eigenvalue weighted by Crippen LogP contribution is 2.02. The molecule has 0 radical (unpaired) electrons. The van der Waals surface area contributed by atoms with E-state index in [-0.39, 0.29) is 0 Å². The van der Waals surface area contributed by atoms with Gasteiger partial charge >= 0.3 is 0 Å². The monoisotopic (exact) mass is 177 g/mol. The molecule has 0 atom stereocenters. The van der Waals surface area contributed by atoms with E-state index >= 15 is 0 Å². The fraction of sp³-hybridized carbons (Fsp3) is 0.111. The van der Waals surface area contributed by atoms with Crippen LogP contribution < -0.4 is 0 Å². The second-order valence-corrected chi connectivity index (χ2v) is 2.22. The molecule has 0 saturated carbocycles. The number of hydrogen-bond acceptors (Lipinski definition) is 2. The number of pyridine rings is 1. The maximum atomic E-state index is 9.50. The summed E-state index contributed by atoms with van der Waals surface area (Å²) in [5.74, 6) is 0. The molecule has 0 aliphatic heterocycles. The summed E-state index contributed by atoms with van der Waals surface area (Å²) >= 11 is 0. The maximum Gasteiger partial charge on any atom is 0.136 e. The van der Waals surface area contributed by atoms with Gasteiger partial charge in [-0.3, -0.25) is 4.39 Å². The molecule has 2 heterocycles.